The number of ether oxygens (including phenoxy) is 5. The van der Waals surface area contributed by atoms with Crippen molar-refractivity contribution in [2.75, 3.05) is 20.3 Å². The monoisotopic (exact) mass is 418 g/mol. The van der Waals surface area contributed by atoms with Gasteiger partial charge in [-0.15, -0.1) is 0 Å². The summed E-state index contributed by atoms with van der Waals surface area (Å²) in [5.74, 6) is 0.986. The van der Waals surface area contributed by atoms with Crippen molar-refractivity contribution in [3.05, 3.63) is 24.3 Å². The van der Waals surface area contributed by atoms with E-state index in [-0.39, 0.29) is 6.61 Å². The Balaban J connectivity index is 1.67. The van der Waals surface area contributed by atoms with Crippen molar-refractivity contribution in [2.45, 2.75) is 55.3 Å². The average Bonchev–Trinajstić information content (AvgIpc) is 2.73. The topological polar surface area (TPSA) is 168 Å². The SMILES string of the molecule is COc1ccc(O[C@H]2OC[C@@H](O)[C@@H](O[C@@H]3O[C@H](CO)[C@@H](O)[C@H](O)[C@H]3O)[C@H]2O)cc1. The fourth-order valence-corrected chi connectivity index (χ4v) is 3.17. The maximum absolute atomic E-state index is 10.6. The second-order valence-electron chi connectivity index (χ2n) is 6.85. The van der Waals surface area contributed by atoms with Crippen LogP contribution in [0.15, 0.2) is 24.3 Å². The standard InChI is InChI=1S/C18H26O11/c1-25-8-2-4-9(5-3-8)27-17-15(24)16(10(20)7-26-17)29-18-14(23)13(22)12(21)11(6-19)28-18/h2-5,10-24H,6-7H2,1H3/t10-,11-,12-,13+,14-,15-,16-,17-,18+/m1/s1. The molecule has 1 aromatic rings. The lowest BCUT2D eigenvalue weighted by Gasteiger charge is -2.44. The smallest absolute Gasteiger partial charge is 0.228 e. The highest BCUT2D eigenvalue weighted by molar-refractivity contribution is 5.31. The summed E-state index contributed by atoms with van der Waals surface area (Å²) in [5, 5.41) is 59.8. The number of rotatable bonds is 6. The largest absolute Gasteiger partial charge is 0.497 e. The lowest BCUT2D eigenvalue weighted by molar-refractivity contribution is -0.343. The second-order valence-corrected chi connectivity index (χ2v) is 6.85. The molecule has 1 aromatic carbocycles. The highest BCUT2D eigenvalue weighted by Gasteiger charge is 2.48. The highest BCUT2D eigenvalue weighted by atomic mass is 16.7. The maximum Gasteiger partial charge on any atom is 0.228 e. The first-order chi connectivity index (χ1) is 13.8. The summed E-state index contributed by atoms with van der Waals surface area (Å²) >= 11 is 0. The molecule has 0 unspecified atom stereocenters. The third-order valence-electron chi connectivity index (χ3n) is 4.88. The van der Waals surface area contributed by atoms with E-state index in [1.165, 1.54) is 7.11 Å². The van der Waals surface area contributed by atoms with Gasteiger partial charge in [-0.3, -0.25) is 0 Å². The van der Waals surface area contributed by atoms with Crippen molar-refractivity contribution < 1.29 is 54.3 Å². The summed E-state index contributed by atoms with van der Waals surface area (Å²) in [6, 6.07) is 6.52. The molecule has 2 aliphatic rings. The van der Waals surface area contributed by atoms with Gasteiger partial charge in [-0.2, -0.15) is 0 Å². The first-order valence-electron chi connectivity index (χ1n) is 9.10. The average molecular weight is 418 g/mol. The van der Waals surface area contributed by atoms with Crippen molar-refractivity contribution in [3.63, 3.8) is 0 Å². The number of hydrogen-bond acceptors (Lipinski definition) is 11. The molecule has 2 heterocycles. The van der Waals surface area contributed by atoms with Gasteiger partial charge in [0.05, 0.1) is 20.3 Å². The van der Waals surface area contributed by atoms with E-state index in [1.54, 1.807) is 24.3 Å². The zero-order chi connectivity index (χ0) is 21.1. The zero-order valence-corrected chi connectivity index (χ0v) is 15.6. The van der Waals surface area contributed by atoms with E-state index in [0.29, 0.717) is 11.5 Å². The van der Waals surface area contributed by atoms with E-state index in [1.807, 2.05) is 0 Å². The lowest BCUT2D eigenvalue weighted by Crippen LogP contribution is -2.63. The Morgan fingerprint density at radius 3 is 2.17 bits per heavy atom. The summed E-state index contributed by atoms with van der Waals surface area (Å²) in [6.45, 7) is -0.868. The third-order valence-corrected chi connectivity index (χ3v) is 4.88. The molecule has 0 aliphatic carbocycles. The molecule has 0 saturated carbocycles. The van der Waals surface area contributed by atoms with Crippen LogP contribution in [-0.2, 0) is 14.2 Å². The molecule has 11 nitrogen and oxygen atoms in total. The van der Waals surface area contributed by atoms with Crippen LogP contribution in [0.25, 0.3) is 0 Å². The molecule has 2 saturated heterocycles. The highest BCUT2D eigenvalue weighted by Crippen LogP contribution is 2.28. The Morgan fingerprint density at radius 2 is 1.55 bits per heavy atom. The van der Waals surface area contributed by atoms with Crippen LogP contribution in [0.2, 0.25) is 0 Å². The first kappa shape index (κ1) is 22.2. The summed E-state index contributed by atoms with van der Waals surface area (Å²) in [7, 11) is 1.52. The Hall–Kier alpha value is -1.54. The molecule has 0 aromatic heterocycles. The van der Waals surface area contributed by atoms with Gasteiger partial charge < -0.3 is 54.3 Å². The number of methoxy groups -OCH3 is 1. The zero-order valence-electron chi connectivity index (χ0n) is 15.6. The lowest BCUT2D eigenvalue weighted by atomic mass is 9.98. The molecule has 6 N–H and O–H groups in total. The molecular weight excluding hydrogens is 392 g/mol. The molecule has 2 aliphatic heterocycles. The fraction of sp³-hybridized carbons (Fsp3) is 0.667. The van der Waals surface area contributed by atoms with Gasteiger partial charge in [0, 0.05) is 0 Å². The van der Waals surface area contributed by atoms with Crippen LogP contribution in [-0.4, -0.2) is 106 Å². The van der Waals surface area contributed by atoms with Crippen molar-refractivity contribution in [3.8, 4) is 11.5 Å². The van der Waals surface area contributed by atoms with Gasteiger partial charge in [0.1, 0.15) is 54.2 Å². The summed E-state index contributed by atoms with van der Waals surface area (Å²) in [4.78, 5) is 0. The Bertz CT molecular complexity index is 639. The van der Waals surface area contributed by atoms with Gasteiger partial charge in [0.2, 0.25) is 6.29 Å². The molecular formula is C18H26O11. The molecule has 3 rings (SSSR count). The van der Waals surface area contributed by atoms with Crippen molar-refractivity contribution >= 4 is 0 Å². The fourth-order valence-electron chi connectivity index (χ4n) is 3.17. The van der Waals surface area contributed by atoms with E-state index < -0.39 is 61.9 Å². The van der Waals surface area contributed by atoms with Gasteiger partial charge >= 0.3 is 0 Å². The van der Waals surface area contributed by atoms with E-state index >= 15 is 0 Å². The predicted octanol–water partition coefficient (Wildman–Crippen LogP) is -2.66. The third kappa shape index (κ3) is 4.79. The number of aliphatic hydroxyl groups is 6. The van der Waals surface area contributed by atoms with Crippen LogP contribution in [0.4, 0.5) is 0 Å². The van der Waals surface area contributed by atoms with Crippen LogP contribution in [0.3, 0.4) is 0 Å². The Labute approximate surface area is 166 Å². The molecule has 0 bridgehead atoms. The maximum atomic E-state index is 10.6. The summed E-state index contributed by atoms with van der Waals surface area (Å²) in [6.07, 6.45) is -12.8. The molecule has 0 radical (unpaired) electrons. The summed E-state index contributed by atoms with van der Waals surface area (Å²) in [5.41, 5.74) is 0. The van der Waals surface area contributed by atoms with Crippen LogP contribution in [0, 0.1) is 0 Å². The van der Waals surface area contributed by atoms with Crippen LogP contribution in [0.1, 0.15) is 0 Å². The van der Waals surface area contributed by atoms with Gasteiger partial charge in [0.15, 0.2) is 6.29 Å². The van der Waals surface area contributed by atoms with Crippen LogP contribution >= 0.6 is 0 Å². The molecule has 11 heteroatoms. The molecule has 29 heavy (non-hydrogen) atoms. The molecule has 9 atom stereocenters. The van der Waals surface area contributed by atoms with Crippen LogP contribution < -0.4 is 9.47 Å². The molecule has 0 amide bonds. The van der Waals surface area contributed by atoms with E-state index in [4.69, 9.17) is 23.7 Å². The predicted molar refractivity (Wildman–Crippen MR) is 94.0 cm³/mol. The molecule has 164 valence electrons. The van der Waals surface area contributed by atoms with Crippen molar-refractivity contribution in [1.82, 2.24) is 0 Å². The number of benzene rings is 1. The van der Waals surface area contributed by atoms with Gasteiger partial charge in [-0.25, -0.2) is 0 Å². The van der Waals surface area contributed by atoms with E-state index in [0.717, 1.165) is 0 Å². The van der Waals surface area contributed by atoms with Gasteiger partial charge in [0.25, 0.3) is 0 Å². The van der Waals surface area contributed by atoms with Crippen LogP contribution in [0.5, 0.6) is 11.5 Å². The van der Waals surface area contributed by atoms with E-state index in [9.17, 15) is 30.6 Å². The normalized spacial score (nSPS) is 40.4. The Morgan fingerprint density at radius 1 is 0.897 bits per heavy atom. The number of aliphatic hydroxyl groups excluding tert-OH is 6. The minimum Gasteiger partial charge on any atom is -0.497 e. The van der Waals surface area contributed by atoms with Crippen molar-refractivity contribution in [1.29, 1.82) is 0 Å². The minimum atomic E-state index is -1.67. The number of hydrogen-bond donors (Lipinski definition) is 6. The second kappa shape index (κ2) is 9.51. The quantitative estimate of drug-likeness (QED) is 0.285. The van der Waals surface area contributed by atoms with Crippen molar-refractivity contribution in [2.24, 2.45) is 0 Å². The van der Waals surface area contributed by atoms with Gasteiger partial charge in [-0.05, 0) is 24.3 Å². The molecule has 2 fully saturated rings. The van der Waals surface area contributed by atoms with E-state index in [2.05, 4.69) is 0 Å². The minimum absolute atomic E-state index is 0.236. The molecule has 0 spiro atoms. The summed E-state index contributed by atoms with van der Waals surface area (Å²) < 4.78 is 26.7. The Kier molecular flexibility index (Phi) is 7.27. The van der Waals surface area contributed by atoms with Gasteiger partial charge in [-0.1, -0.05) is 0 Å². The first-order valence-corrected chi connectivity index (χ1v) is 9.10.